The second-order valence-corrected chi connectivity index (χ2v) is 5.92. The van der Waals surface area contributed by atoms with Gasteiger partial charge in [0.05, 0.1) is 14.2 Å². The Morgan fingerprint density at radius 1 is 1.22 bits per heavy atom. The lowest BCUT2D eigenvalue weighted by Gasteiger charge is -2.22. The molecule has 1 atom stereocenters. The van der Waals surface area contributed by atoms with Crippen molar-refractivity contribution in [1.82, 2.24) is 5.32 Å². The van der Waals surface area contributed by atoms with E-state index in [0.717, 1.165) is 0 Å². The first-order chi connectivity index (χ1) is 10.7. The first-order valence-electron chi connectivity index (χ1n) is 7.09. The van der Waals surface area contributed by atoms with Crippen molar-refractivity contribution in [2.24, 2.45) is 0 Å². The van der Waals surface area contributed by atoms with E-state index in [1.807, 2.05) is 0 Å². The third-order valence-electron chi connectivity index (χ3n) is 2.90. The van der Waals surface area contributed by atoms with Gasteiger partial charge in [0.1, 0.15) is 23.1 Å². The largest absolute Gasteiger partial charge is 0.497 e. The van der Waals surface area contributed by atoms with Crippen molar-refractivity contribution in [1.29, 1.82) is 0 Å². The van der Waals surface area contributed by atoms with E-state index in [-0.39, 0.29) is 6.42 Å². The maximum atomic E-state index is 11.8. The molecule has 0 bridgehead atoms. The number of benzene rings is 1. The zero-order valence-corrected chi connectivity index (χ0v) is 14.0. The van der Waals surface area contributed by atoms with E-state index in [4.69, 9.17) is 14.2 Å². The Labute approximate surface area is 135 Å². The highest BCUT2D eigenvalue weighted by Gasteiger charge is 2.25. The number of ether oxygens (including phenoxy) is 3. The molecule has 1 rings (SSSR count). The van der Waals surface area contributed by atoms with Gasteiger partial charge in [0.2, 0.25) is 0 Å². The number of carboxylic acids is 1. The molecule has 0 spiro atoms. The second kappa shape index (κ2) is 7.71. The number of alkyl carbamates (subject to hydrolysis) is 1. The van der Waals surface area contributed by atoms with Crippen molar-refractivity contribution >= 4 is 12.1 Å². The van der Waals surface area contributed by atoms with E-state index in [0.29, 0.717) is 17.1 Å². The lowest BCUT2D eigenvalue weighted by molar-refractivity contribution is -0.139. The third-order valence-corrected chi connectivity index (χ3v) is 2.90. The molecule has 1 amide bonds. The number of carbonyl (C=O) groups is 2. The predicted molar refractivity (Wildman–Crippen MR) is 84.0 cm³/mol. The summed E-state index contributed by atoms with van der Waals surface area (Å²) in [6.07, 6.45) is -0.749. The van der Waals surface area contributed by atoms with E-state index in [1.165, 1.54) is 14.2 Å². The second-order valence-electron chi connectivity index (χ2n) is 5.92. The summed E-state index contributed by atoms with van der Waals surface area (Å²) in [7, 11) is 3.00. The van der Waals surface area contributed by atoms with Crippen LogP contribution >= 0.6 is 0 Å². The van der Waals surface area contributed by atoms with E-state index < -0.39 is 23.7 Å². The molecule has 0 radical (unpaired) electrons. The maximum Gasteiger partial charge on any atom is 0.408 e. The molecule has 0 saturated carbocycles. The topological polar surface area (TPSA) is 94.1 Å². The minimum Gasteiger partial charge on any atom is -0.497 e. The third kappa shape index (κ3) is 6.06. The number of carboxylic acid groups (broad SMARTS) is 1. The van der Waals surface area contributed by atoms with Gasteiger partial charge in [-0.05, 0) is 39.0 Å². The number of rotatable bonds is 6. The van der Waals surface area contributed by atoms with E-state index in [2.05, 4.69) is 5.32 Å². The summed E-state index contributed by atoms with van der Waals surface area (Å²) in [4.78, 5) is 23.2. The number of carbonyl (C=O) groups excluding carboxylic acids is 1. The van der Waals surface area contributed by atoms with Crippen LogP contribution in [0.15, 0.2) is 18.2 Å². The highest BCUT2D eigenvalue weighted by Crippen LogP contribution is 2.25. The van der Waals surface area contributed by atoms with Crippen LogP contribution in [0.5, 0.6) is 11.5 Å². The molecule has 0 heterocycles. The molecule has 2 N–H and O–H groups in total. The minimum atomic E-state index is -1.17. The number of amides is 1. The zero-order chi connectivity index (χ0) is 17.6. The van der Waals surface area contributed by atoms with Crippen molar-refractivity contribution in [2.45, 2.75) is 38.8 Å². The molecule has 0 fully saturated rings. The Kier molecular flexibility index (Phi) is 6.24. The molecule has 1 aromatic rings. The van der Waals surface area contributed by atoms with E-state index in [9.17, 15) is 14.7 Å². The van der Waals surface area contributed by atoms with Crippen LogP contribution in [0.3, 0.4) is 0 Å². The summed E-state index contributed by atoms with van der Waals surface area (Å²) < 4.78 is 15.4. The number of methoxy groups -OCH3 is 2. The van der Waals surface area contributed by atoms with Crippen LogP contribution in [-0.2, 0) is 16.0 Å². The Morgan fingerprint density at radius 2 is 1.87 bits per heavy atom. The lowest BCUT2D eigenvalue weighted by atomic mass is 10.0. The van der Waals surface area contributed by atoms with Gasteiger partial charge in [-0.3, -0.25) is 0 Å². The van der Waals surface area contributed by atoms with Gasteiger partial charge in [-0.2, -0.15) is 0 Å². The average Bonchev–Trinajstić information content (AvgIpc) is 2.44. The van der Waals surface area contributed by atoms with Crippen molar-refractivity contribution in [3.05, 3.63) is 23.8 Å². The Balaban J connectivity index is 2.92. The average molecular weight is 325 g/mol. The monoisotopic (exact) mass is 325 g/mol. The van der Waals surface area contributed by atoms with Crippen molar-refractivity contribution in [3.63, 3.8) is 0 Å². The van der Waals surface area contributed by atoms with Crippen LogP contribution in [0.2, 0.25) is 0 Å². The summed E-state index contributed by atoms with van der Waals surface area (Å²) in [5.41, 5.74) is -0.101. The maximum absolute atomic E-state index is 11.8. The molecule has 0 saturated heterocycles. The molecule has 0 unspecified atom stereocenters. The van der Waals surface area contributed by atoms with Crippen LogP contribution in [0.25, 0.3) is 0 Å². The van der Waals surface area contributed by atoms with Crippen molar-refractivity contribution in [2.75, 3.05) is 14.2 Å². The van der Waals surface area contributed by atoms with E-state index >= 15 is 0 Å². The van der Waals surface area contributed by atoms with Crippen LogP contribution in [-0.4, -0.2) is 43.0 Å². The number of nitrogens with one attached hydrogen (secondary N) is 1. The highest BCUT2D eigenvalue weighted by molar-refractivity contribution is 5.80. The van der Waals surface area contributed by atoms with Gasteiger partial charge in [0, 0.05) is 12.0 Å². The van der Waals surface area contributed by atoms with Gasteiger partial charge in [-0.25, -0.2) is 9.59 Å². The number of hydrogen-bond donors (Lipinski definition) is 2. The van der Waals surface area contributed by atoms with Gasteiger partial charge < -0.3 is 24.6 Å². The Morgan fingerprint density at radius 3 is 2.35 bits per heavy atom. The number of aliphatic carboxylic acids is 1. The zero-order valence-electron chi connectivity index (χ0n) is 14.0. The van der Waals surface area contributed by atoms with Gasteiger partial charge in [0.25, 0.3) is 0 Å². The van der Waals surface area contributed by atoms with Gasteiger partial charge in [-0.1, -0.05) is 0 Å². The fraction of sp³-hybridized carbons (Fsp3) is 0.500. The molecular formula is C16H23NO6. The Hall–Kier alpha value is -2.44. The first-order valence-corrected chi connectivity index (χ1v) is 7.09. The summed E-state index contributed by atoms with van der Waals surface area (Å²) in [5.74, 6) is -0.0778. The predicted octanol–water partition coefficient (Wildman–Crippen LogP) is 2.22. The Bertz CT molecular complexity index is 564. The molecular weight excluding hydrogens is 302 g/mol. The molecule has 0 aliphatic heterocycles. The van der Waals surface area contributed by atoms with Crippen LogP contribution in [0.1, 0.15) is 26.3 Å². The molecule has 1 aromatic carbocycles. The van der Waals surface area contributed by atoms with Crippen molar-refractivity contribution < 1.29 is 28.9 Å². The van der Waals surface area contributed by atoms with Crippen LogP contribution in [0, 0.1) is 0 Å². The molecule has 0 aromatic heterocycles. The number of hydrogen-bond acceptors (Lipinski definition) is 5. The smallest absolute Gasteiger partial charge is 0.408 e. The normalized spacial score (nSPS) is 12.2. The first kappa shape index (κ1) is 18.6. The van der Waals surface area contributed by atoms with Gasteiger partial charge in [0.15, 0.2) is 0 Å². The molecule has 7 nitrogen and oxygen atoms in total. The van der Waals surface area contributed by atoms with Crippen LogP contribution in [0.4, 0.5) is 4.79 Å². The molecule has 23 heavy (non-hydrogen) atoms. The molecule has 0 aliphatic carbocycles. The van der Waals surface area contributed by atoms with Crippen molar-refractivity contribution in [3.8, 4) is 11.5 Å². The highest BCUT2D eigenvalue weighted by atomic mass is 16.6. The fourth-order valence-corrected chi connectivity index (χ4v) is 1.91. The minimum absolute atomic E-state index is 0.0367. The van der Waals surface area contributed by atoms with Gasteiger partial charge >= 0.3 is 12.1 Å². The SMILES string of the molecule is COc1ccc(OC)c(C[C@H](NC(=O)OC(C)(C)C)C(=O)O)c1. The molecule has 7 heteroatoms. The summed E-state index contributed by atoms with van der Waals surface area (Å²) in [6.45, 7) is 5.11. The molecule has 0 aliphatic rings. The molecule has 128 valence electrons. The van der Waals surface area contributed by atoms with Gasteiger partial charge in [-0.15, -0.1) is 0 Å². The standard InChI is InChI=1S/C16H23NO6/c1-16(2,3)23-15(20)17-12(14(18)19)9-10-8-11(21-4)6-7-13(10)22-5/h6-8,12H,9H2,1-5H3,(H,17,20)(H,18,19)/t12-/m0/s1. The summed E-state index contributed by atoms with van der Waals surface area (Å²) in [6, 6.07) is 3.91. The summed E-state index contributed by atoms with van der Waals surface area (Å²) in [5, 5.41) is 11.7. The fourth-order valence-electron chi connectivity index (χ4n) is 1.91. The van der Waals surface area contributed by atoms with Crippen LogP contribution < -0.4 is 14.8 Å². The summed E-state index contributed by atoms with van der Waals surface area (Å²) >= 11 is 0. The quantitative estimate of drug-likeness (QED) is 0.833. The lowest BCUT2D eigenvalue weighted by Crippen LogP contribution is -2.44. The van der Waals surface area contributed by atoms with E-state index in [1.54, 1.807) is 39.0 Å².